The summed E-state index contributed by atoms with van der Waals surface area (Å²) in [7, 11) is 0. The molecule has 215 valence electrons. The van der Waals surface area contributed by atoms with Gasteiger partial charge in [-0.3, -0.25) is 0 Å². The summed E-state index contributed by atoms with van der Waals surface area (Å²) in [6.45, 7) is 2.40. The molecule has 0 aromatic heterocycles. The highest BCUT2D eigenvalue weighted by Crippen LogP contribution is 2.48. The minimum absolute atomic E-state index is 0.327. The van der Waals surface area contributed by atoms with Crippen molar-refractivity contribution in [1.29, 1.82) is 0 Å². The van der Waals surface area contributed by atoms with Gasteiger partial charge in [-0.1, -0.05) is 171 Å². The standard InChI is InChI=1S/C44H39/c1-2-36(40(28-12-18-32-16-4-3-5-17-32)41-29-13-22-33-19-6-9-25-37(33)41)44(42-30-14-23-34-20-7-10-26-38(34)42)43-31-15-24-35-21-8-11-27-39(35)43/h3-11,13-17,19-27,29-31,36,40H,2,12,18,28H2,1H3. The highest BCUT2D eigenvalue weighted by atomic mass is 14.4. The van der Waals surface area contributed by atoms with Gasteiger partial charge in [-0.2, -0.15) is 0 Å². The normalized spacial score (nSPS) is 13.0. The Balaban J connectivity index is 1.43. The topological polar surface area (TPSA) is 0 Å². The van der Waals surface area contributed by atoms with Crippen LogP contribution in [-0.2, 0) is 6.42 Å². The van der Waals surface area contributed by atoms with Crippen LogP contribution in [0.1, 0.15) is 54.4 Å². The lowest BCUT2D eigenvalue weighted by molar-refractivity contribution is 0.414. The fraction of sp³-hybridized carbons (Fsp3) is 0.159. The quantitative estimate of drug-likeness (QED) is 0.154. The molecule has 0 amide bonds. The molecule has 0 aliphatic heterocycles. The van der Waals surface area contributed by atoms with E-state index in [2.05, 4.69) is 165 Å². The average Bonchev–Trinajstić information content (AvgIpc) is 3.09. The average molecular weight is 568 g/mol. The van der Waals surface area contributed by atoms with E-state index in [4.69, 9.17) is 0 Å². The van der Waals surface area contributed by atoms with Crippen LogP contribution < -0.4 is 0 Å². The minimum atomic E-state index is 0.327. The number of hydrogen-bond donors (Lipinski definition) is 0. The van der Waals surface area contributed by atoms with Gasteiger partial charge in [-0.15, -0.1) is 0 Å². The molecular formula is C44H39. The first-order valence-corrected chi connectivity index (χ1v) is 16.2. The summed E-state index contributed by atoms with van der Waals surface area (Å²) < 4.78 is 0. The Hall–Kier alpha value is -4.68. The van der Waals surface area contributed by atoms with Crippen LogP contribution in [0.5, 0.6) is 0 Å². The zero-order chi connectivity index (χ0) is 29.7. The van der Waals surface area contributed by atoms with Crippen LogP contribution >= 0.6 is 0 Å². The molecule has 44 heavy (non-hydrogen) atoms. The Kier molecular flexibility index (Phi) is 8.24. The molecule has 0 heteroatoms. The molecule has 1 radical (unpaired) electrons. The van der Waals surface area contributed by atoms with Gasteiger partial charge in [0.25, 0.3) is 0 Å². The fourth-order valence-corrected chi connectivity index (χ4v) is 7.47. The molecule has 0 spiro atoms. The lowest BCUT2D eigenvalue weighted by atomic mass is 9.67. The van der Waals surface area contributed by atoms with E-state index in [9.17, 15) is 0 Å². The molecule has 0 aliphatic rings. The van der Waals surface area contributed by atoms with Crippen LogP contribution in [0, 0.1) is 11.8 Å². The zero-order valence-electron chi connectivity index (χ0n) is 25.5. The summed E-state index contributed by atoms with van der Waals surface area (Å²) in [4.78, 5) is 0. The van der Waals surface area contributed by atoms with Gasteiger partial charge in [0.2, 0.25) is 0 Å². The third kappa shape index (κ3) is 5.53. The highest BCUT2D eigenvalue weighted by Gasteiger charge is 2.34. The largest absolute Gasteiger partial charge is 0.0651 e. The third-order valence-electron chi connectivity index (χ3n) is 9.50. The van der Waals surface area contributed by atoms with E-state index in [1.807, 2.05) is 0 Å². The molecular weight excluding hydrogens is 528 g/mol. The molecule has 7 aromatic rings. The van der Waals surface area contributed by atoms with Crippen LogP contribution in [0.3, 0.4) is 0 Å². The van der Waals surface area contributed by atoms with Crippen molar-refractivity contribution in [3.8, 4) is 0 Å². The van der Waals surface area contributed by atoms with Crippen molar-refractivity contribution in [2.24, 2.45) is 5.92 Å². The first-order valence-electron chi connectivity index (χ1n) is 16.2. The van der Waals surface area contributed by atoms with Gasteiger partial charge in [0.15, 0.2) is 0 Å². The van der Waals surface area contributed by atoms with Gasteiger partial charge in [0.05, 0.1) is 0 Å². The summed E-state index contributed by atoms with van der Waals surface area (Å²) in [5.74, 6) is 2.16. The van der Waals surface area contributed by atoms with Crippen molar-refractivity contribution < 1.29 is 0 Å². The van der Waals surface area contributed by atoms with E-state index in [-0.39, 0.29) is 0 Å². The molecule has 0 N–H and O–H groups in total. The first-order chi connectivity index (χ1) is 21.8. The third-order valence-corrected chi connectivity index (χ3v) is 9.50. The van der Waals surface area contributed by atoms with E-state index in [0.29, 0.717) is 11.8 Å². The molecule has 7 rings (SSSR count). The molecule has 7 aromatic carbocycles. The van der Waals surface area contributed by atoms with Crippen molar-refractivity contribution in [3.63, 3.8) is 0 Å². The van der Waals surface area contributed by atoms with Crippen LogP contribution in [-0.4, -0.2) is 0 Å². The van der Waals surface area contributed by atoms with Crippen molar-refractivity contribution in [2.75, 3.05) is 0 Å². The smallest absolute Gasteiger partial charge is 0.0389 e. The second-order valence-electron chi connectivity index (χ2n) is 12.0. The maximum absolute atomic E-state index is 2.40. The van der Waals surface area contributed by atoms with Crippen LogP contribution in [0.15, 0.2) is 158 Å². The van der Waals surface area contributed by atoms with Gasteiger partial charge in [0.1, 0.15) is 0 Å². The van der Waals surface area contributed by atoms with Gasteiger partial charge in [-0.05, 0) is 85.7 Å². The van der Waals surface area contributed by atoms with Crippen LogP contribution in [0.2, 0.25) is 0 Å². The number of benzene rings is 7. The Labute approximate surface area is 262 Å². The van der Waals surface area contributed by atoms with Gasteiger partial charge in [0, 0.05) is 5.92 Å². The number of hydrogen-bond acceptors (Lipinski definition) is 0. The maximum Gasteiger partial charge on any atom is 0.0389 e. The Morgan fingerprint density at radius 1 is 0.477 bits per heavy atom. The predicted octanol–water partition coefficient (Wildman–Crippen LogP) is 11.9. The fourth-order valence-electron chi connectivity index (χ4n) is 7.47. The number of aryl methyl sites for hydroxylation is 1. The Morgan fingerprint density at radius 2 is 0.955 bits per heavy atom. The van der Waals surface area contributed by atoms with Crippen molar-refractivity contribution in [1.82, 2.24) is 0 Å². The molecule has 0 nitrogen and oxygen atoms in total. The summed E-state index contributed by atoms with van der Waals surface area (Å²) >= 11 is 0. The predicted molar refractivity (Wildman–Crippen MR) is 189 cm³/mol. The highest BCUT2D eigenvalue weighted by molar-refractivity contribution is 5.93. The molecule has 2 unspecified atom stereocenters. The van der Waals surface area contributed by atoms with Crippen LogP contribution in [0.25, 0.3) is 32.3 Å². The number of rotatable bonds is 10. The van der Waals surface area contributed by atoms with Crippen molar-refractivity contribution in [3.05, 3.63) is 186 Å². The van der Waals surface area contributed by atoms with Crippen molar-refractivity contribution >= 4 is 32.3 Å². The zero-order valence-corrected chi connectivity index (χ0v) is 25.5. The molecule has 0 saturated heterocycles. The van der Waals surface area contributed by atoms with Gasteiger partial charge < -0.3 is 0 Å². The summed E-state index contributed by atoms with van der Waals surface area (Å²) in [6.07, 6.45) is 4.42. The molecule has 0 saturated carbocycles. The number of fused-ring (bicyclic) bond motifs is 3. The molecule has 0 heterocycles. The van der Waals surface area contributed by atoms with Crippen LogP contribution in [0.4, 0.5) is 0 Å². The molecule has 2 atom stereocenters. The van der Waals surface area contributed by atoms with E-state index >= 15 is 0 Å². The van der Waals surface area contributed by atoms with Gasteiger partial charge >= 0.3 is 0 Å². The first kappa shape index (κ1) is 28.1. The van der Waals surface area contributed by atoms with E-state index in [1.54, 1.807) is 0 Å². The van der Waals surface area contributed by atoms with E-state index < -0.39 is 0 Å². The summed E-state index contributed by atoms with van der Waals surface area (Å²) in [6, 6.07) is 58.4. The Morgan fingerprint density at radius 3 is 1.55 bits per heavy atom. The van der Waals surface area contributed by atoms with E-state index in [0.717, 1.165) is 25.7 Å². The summed E-state index contributed by atoms with van der Waals surface area (Å²) in [5.41, 5.74) is 5.62. The molecule has 0 aliphatic carbocycles. The lowest BCUT2D eigenvalue weighted by Crippen LogP contribution is -2.23. The summed E-state index contributed by atoms with van der Waals surface area (Å²) in [5, 5.41) is 7.96. The lowest BCUT2D eigenvalue weighted by Gasteiger charge is -2.36. The maximum atomic E-state index is 2.40. The molecule has 0 bridgehead atoms. The second-order valence-corrected chi connectivity index (χ2v) is 12.0. The second kappa shape index (κ2) is 12.9. The van der Waals surface area contributed by atoms with Gasteiger partial charge in [-0.25, -0.2) is 0 Å². The van der Waals surface area contributed by atoms with Crippen molar-refractivity contribution in [2.45, 2.75) is 38.5 Å². The Bertz CT molecular complexity index is 1910. The SMILES string of the molecule is CCC([C](c1cccc2ccccc12)c1cccc2ccccc12)C(CCCc1ccccc1)c1cccc2ccccc12. The van der Waals surface area contributed by atoms with E-state index in [1.165, 1.54) is 60.5 Å². The minimum Gasteiger partial charge on any atom is -0.0651 e. The monoisotopic (exact) mass is 567 g/mol. The molecule has 0 fully saturated rings.